The van der Waals surface area contributed by atoms with Crippen molar-refractivity contribution in [1.82, 2.24) is 0 Å². The number of hydrogen-bond acceptors (Lipinski definition) is 7. The molecule has 0 saturated carbocycles. The van der Waals surface area contributed by atoms with E-state index in [0.29, 0.717) is 41.1 Å². The predicted molar refractivity (Wildman–Crippen MR) is 97.2 cm³/mol. The molecule has 7 heteroatoms. The summed E-state index contributed by atoms with van der Waals surface area (Å²) < 4.78 is 39.7. The minimum absolute atomic E-state index is 0.000642. The molecule has 0 aliphatic carbocycles. The maximum atomic E-state index is 6.34. The van der Waals surface area contributed by atoms with Gasteiger partial charge in [0.2, 0.25) is 11.5 Å². The predicted octanol–water partition coefficient (Wildman–Crippen LogP) is 3.34. The van der Waals surface area contributed by atoms with Gasteiger partial charge in [0.25, 0.3) is 0 Å². The molecule has 0 spiro atoms. The summed E-state index contributed by atoms with van der Waals surface area (Å²) in [4.78, 5) is 0. The number of methoxy groups -OCH3 is 5. The molecular weight excluding hydrogens is 352 g/mol. The molecule has 2 aromatic carbocycles. The molecule has 2 heterocycles. The normalized spacial score (nSPS) is 19.0. The Morgan fingerprint density at radius 3 is 2.00 bits per heavy atom. The quantitative estimate of drug-likeness (QED) is 0.795. The third-order valence-corrected chi connectivity index (χ3v) is 5.06. The number of ether oxygens (including phenoxy) is 7. The van der Waals surface area contributed by atoms with Crippen LogP contribution in [0.25, 0.3) is 0 Å². The molecule has 144 valence electrons. The van der Waals surface area contributed by atoms with E-state index in [-0.39, 0.29) is 12.0 Å². The van der Waals surface area contributed by atoms with E-state index >= 15 is 0 Å². The SMILES string of the molecule is COc1cc2c(cc1OC)[C@@H]1Oc3c(cc(OC)c(OC)c3OC)[C@@H]1CO2. The molecule has 7 nitrogen and oxygen atoms in total. The molecule has 0 unspecified atom stereocenters. The van der Waals surface area contributed by atoms with Crippen LogP contribution in [0.15, 0.2) is 18.2 Å². The molecule has 0 amide bonds. The first-order chi connectivity index (χ1) is 13.2. The highest BCUT2D eigenvalue weighted by Crippen LogP contribution is 2.59. The summed E-state index contributed by atoms with van der Waals surface area (Å²) >= 11 is 0. The van der Waals surface area contributed by atoms with Gasteiger partial charge in [-0.15, -0.1) is 0 Å². The van der Waals surface area contributed by atoms with E-state index in [2.05, 4.69) is 0 Å². The van der Waals surface area contributed by atoms with Crippen LogP contribution in [0.4, 0.5) is 0 Å². The zero-order chi connectivity index (χ0) is 19.1. The summed E-state index contributed by atoms with van der Waals surface area (Å²) in [5, 5.41) is 0. The smallest absolute Gasteiger partial charge is 0.207 e. The summed E-state index contributed by atoms with van der Waals surface area (Å²) in [6.45, 7) is 0.471. The Bertz CT molecular complexity index is 877. The van der Waals surface area contributed by atoms with Gasteiger partial charge in [0.15, 0.2) is 23.0 Å². The van der Waals surface area contributed by atoms with Gasteiger partial charge in [-0.25, -0.2) is 0 Å². The molecule has 27 heavy (non-hydrogen) atoms. The third kappa shape index (κ3) is 2.49. The Balaban J connectivity index is 1.84. The third-order valence-electron chi connectivity index (χ3n) is 5.06. The lowest BCUT2D eigenvalue weighted by atomic mass is 9.89. The maximum Gasteiger partial charge on any atom is 0.207 e. The van der Waals surface area contributed by atoms with Crippen LogP contribution in [0.5, 0.6) is 40.2 Å². The van der Waals surface area contributed by atoms with Gasteiger partial charge >= 0.3 is 0 Å². The number of hydrogen-bond donors (Lipinski definition) is 0. The Kier molecular flexibility index (Phi) is 4.30. The summed E-state index contributed by atoms with van der Waals surface area (Å²) in [5.74, 6) is 4.23. The average Bonchev–Trinajstić information content (AvgIpc) is 3.09. The molecule has 0 aromatic heterocycles. The van der Waals surface area contributed by atoms with Crippen LogP contribution in [0.1, 0.15) is 23.1 Å². The molecule has 4 rings (SSSR count). The molecule has 2 aliphatic heterocycles. The van der Waals surface area contributed by atoms with E-state index in [4.69, 9.17) is 33.2 Å². The first-order valence-electron chi connectivity index (χ1n) is 8.55. The highest BCUT2D eigenvalue weighted by Gasteiger charge is 2.44. The van der Waals surface area contributed by atoms with Crippen LogP contribution < -0.4 is 33.2 Å². The monoisotopic (exact) mass is 374 g/mol. The second-order valence-electron chi connectivity index (χ2n) is 6.26. The van der Waals surface area contributed by atoms with Gasteiger partial charge in [-0.1, -0.05) is 0 Å². The second-order valence-corrected chi connectivity index (χ2v) is 6.26. The van der Waals surface area contributed by atoms with Crippen LogP contribution in [0, 0.1) is 0 Å². The fourth-order valence-electron chi connectivity index (χ4n) is 3.78. The van der Waals surface area contributed by atoms with Crippen molar-refractivity contribution in [2.45, 2.75) is 12.0 Å². The van der Waals surface area contributed by atoms with Crippen molar-refractivity contribution in [3.05, 3.63) is 29.3 Å². The fourth-order valence-corrected chi connectivity index (χ4v) is 3.78. The van der Waals surface area contributed by atoms with Crippen molar-refractivity contribution in [2.75, 3.05) is 42.2 Å². The minimum Gasteiger partial charge on any atom is -0.493 e. The van der Waals surface area contributed by atoms with Crippen LogP contribution in [-0.2, 0) is 0 Å². The number of rotatable bonds is 5. The lowest BCUT2D eigenvalue weighted by Gasteiger charge is -2.28. The fraction of sp³-hybridized carbons (Fsp3) is 0.400. The van der Waals surface area contributed by atoms with Crippen LogP contribution in [-0.4, -0.2) is 42.2 Å². The Hall–Kier alpha value is -2.96. The minimum atomic E-state index is -0.228. The van der Waals surface area contributed by atoms with E-state index in [9.17, 15) is 0 Å². The highest BCUT2D eigenvalue weighted by molar-refractivity contribution is 5.66. The van der Waals surface area contributed by atoms with Crippen molar-refractivity contribution in [1.29, 1.82) is 0 Å². The van der Waals surface area contributed by atoms with Crippen LogP contribution >= 0.6 is 0 Å². The van der Waals surface area contributed by atoms with Gasteiger partial charge in [0, 0.05) is 17.2 Å². The lowest BCUT2D eigenvalue weighted by Crippen LogP contribution is -2.23. The number of benzene rings is 2. The zero-order valence-corrected chi connectivity index (χ0v) is 16.0. The Morgan fingerprint density at radius 1 is 0.741 bits per heavy atom. The second kappa shape index (κ2) is 6.64. The molecule has 2 atom stereocenters. The van der Waals surface area contributed by atoms with Crippen LogP contribution in [0.3, 0.4) is 0 Å². The summed E-state index contributed by atoms with van der Waals surface area (Å²) in [6.07, 6.45) is -0.228. The van der Waals surface area contributed by atoms with Crippen molar-refractivity contribution < 1.29 is 33.2 Å². The van der Waals surface area contributed by atoms with Crippen molar-refractivity contribution in [3.63, 3.8) is 0 Å². The standard InChI is InChI=1S/C20H22O7/c1-21-14-7-11-13(8-15(14)22-2)26-9-12-10-6-16(23-3)19(24-4)20(25-5)18(10)27-17(11)12/h6-8,12,17H,9H2,1-5H3/t12-,17-/m0/s1. The van der Waals surface area contributed by atoms with Gasteiger partial charge in [-0.05, 0) is 12.1 Å². The van der Waals surface area contributed by atoms with E-state index in [1.54, 1.807) is 35.5 Å². The van der Waals surface area contributed by atoms with E-state index in [1.807, 2.05) is 18.2 Å². The van der Waals surface area contributed by atoms with E-state index < -0.39 is 0 Å². The first kappa shape index (κ1) is 17.5. The molecule has 2 aliphatic rings. The van der Waals surface area contributed by atoms with Crippen LogP contribution in [0.2, 0.25) is 0 Å². The number of fused-ring (bicyclic) bond motifs is 5. The maximum absolute atomic E-state index is 6.34. The topological polar surface area (TPSA) is 64.6 Å². The van der Waals surface area contributed by atoms with Gasteiger partial charge in [0.05, 0.1) is 48.1 Å². The van der Waals surface area contributed by atoms with Gasteiger partial charge < -0.3 is 33.2 Å². The van der Waals surface area contributed by atoms with E-state index in [1.165, 1.54) is 0 Å². The largest absolute Gasteiger partial charge is 0.493 e. The molecule has 0 N–H and O–H groups in total. The van der Waals surface area contributed by atoms with Crippen molar-refractivity contribution in [3.8, 4) is 40.2 Å². The molecule has 0 bridgehead atoms. The summed E-state index contributed by atoms with van der Waals surface area (Å²) in [5.41, 5.74) is 1.87. The molecule has 0 saturated heterocycles. The summed E-state index contributed by atoms with van der Waals surface area (Å²) in [7, 11) is 7.96. The lowest BCUT2D eigenvalue weighted by molar-refractivity contribution is 0.136. The molecule has 0 radical (unpaired) electrons. The molecule has 2 aromatic rings. The van der Waals surface area contributed by atoms with E-state index in [0.717, 1.165) is 16.9 Å². The molecule has 0 fully saturated rings. The Morgan fingerprint density at radius 2 is 1.37 bits per heavy atom. The van der Waals surface area contributed by atoms with Gasteiger partial charge in [-0.3, -0.25) is 0 Å². The Labute approximate surface area is 157 Å². The first-order valence-corrected chi connectivity index (χ1v) is 8.55. The summed E-state index contributed by atoms with van der Waals surface area (Å²) in [6, 6.07) is 5.66. The van der Waals surface area contributed by atoms with Gasteiger partial charge in [-0.2, -0.15) is 0 Å². The zero-order valence-electron chi connectivity index (χ0n) is 16.0. The highest BCUT2D eigenvalue weighted by atomic mass is 16.6. The average molecular weight is 374 g/mol. The van der Waals surface area contributed by atoms with Crippen molar-refractivity contribution >= 4 is 0 Å². The van der Waals surface area contributed by atoms with Crippen molar-refractivity contribution in [2.24, 2.45) is 0 Å². The van der Waals surface area contributed by atoms with Gasteiger partial charge in [0.1, 0.15) is 11.9 Å². The molecular formula is C20H22O7.